The highest BCUT2D eigenvalue weighted by molar-refractivity contribution is 9.10. The van der Waals surface area contributed by atoms with E-state index in [0.717, 1.165) is 4.47 Å². The van der Waals surface area contributed by atoms with Crippen molar-refractivity contribution in [1.29, 1.82) is 0 Å². The van der Waals surface area contributed by atoms with Crippen LogP contribution in [0.25, 0.3) is 0 Å². The number of halogens is 3. The Kier molecular flexibility index (Phi) is 5.07. The Morgan fingerprint density at radius 2 is 1.76 bits per heavy atom. The van der Waals surface area contributed by atoms with E-state index < -0.39 is 17.9 Å². The van der Waals surface area contributed by atoms with Gasteiger partial charge >= 0.3 is 0 Å². The van der Waals surface area contributed by atoms with Gasteiger partial charge in [-0.15, -0.1) is 0 Å². The van der Waals surface area contributed by atoms with Crippen molar-refractivity contribution in [2.24, 2.45) is 5.92 Å². The fourth-order valence-electron chi connectivity index (χ4n) is 2.14. The van der Waals surface area contributed by atoms with Crippen molar-refractivity contribution in [3.8, 4) is 0 Å². The van der Waals surface area contributed by atoms with Crippen molar-refractivity contribution >= 4 is 15.9 Å². The summed E-state index contributed by atoms with van der Waals surface area (Å²) in [4.78, 5) is 0. The lowest BCUT2D eigenvalue weighted by Crippen LogP contribution is -2.38. The smallest absolute Gasteiger partial charge is 0.244 e. The van der Waals surface area contributed by atoms with Gasteiger partial charge in [0.05, 0.1) is 11.5 Å². The molecule has 2 atom stereocenters. The average molecular weight is 307 g/mol. The Morgan fingerprint density at radius 3 is 2.12 bits per heavy atom. The van der Waals surface area contributed by atoms with Crippen LogP contribution in [0, 0.1) is 5.92 Å². The molecule has 1 nitrogen and oxygen atoms in total. The van der Waals surface area contributed by atoms with E-state index in [-0.39, 0.29) is 12.8 Å². The van der Waals surface area contributed by atoms with E-state index in [1.54, 1.807) is 38.1 Å². The van der Waals surface area contributed by atoms with Crippen LogP contribution in [0.15, 0.2) is 28.7 Å². The van der Waals surface area contributed by atoms with Gasteiger partial charge in [0.15, 0.2) is 0 Å². The van der Waals surface area contributed by atoms with Crippen LogP contribution < -0.4 is 0 Å². The van der Waals surface area contributed by atoms with E-state index in [4.69, 9.17) is 0 Å². The minimum atomic E-state index is -2.52. The number of rotatable bonds is 5. The third-order valence-corrected chi connectivity index (χ3v) is 3.77. The molecule has 96 valence electrons. The summed E-state index contributed by atoms with van der Waals surface area (Å²) >= 11 is 3.29. The molecule has 0 aromatic heterocycles. The van der Waals surface area contributed by atoms with Gasteiger partial charge in [-0.25, -0.2) is 8.78 Å². The predicted molar refractivity (Wildman–Crippen MR) is 68.1 cm³/mol. The van der Waals surface area contributed by atoms with E-state index in [2.05, 4.69) is 15.9 Å². The SMILES string of the molecule is CCC(C(F)F)C(O)(CC)c1ccc(Br)cc1. The van der Waals surface area contributed by atoms with E-state index in [0.29, 0.717) is 5.56 Å². The van der Waals surface area contributed by atoms with Gasteiger partial charge in [-0.05, 0) is 30.5 Å². The van der Waals surface area contributed by atoms with Crippen LogP contribution in [0.4, 0.5) is 8.78 Å². The summed E-state index contributed by atoms with van der Waals surface area (Å²) in [5.74, 6) is -1.03. The van der Waals surface area contributed by atoms with E-state index in [1.165, 1.54) is 0 Å². The second kappa shape index (κ2) is 5.91. The normalized spacial score (nSPS) is 16.9. The highest BCUT2D eigenvalue weighted by Gasteiger charge is 2.41. The molecule has 0 fully saturated rings. The van der Waals surface area contributed by atoms with Gasteiger partial charge in [-0.3, -0.25) is 0 Å². The zero-order valence-electron chi connectivity index (χ0n) is 9.96. The van der Waals surface area contributed by atoms with Crippen LogP contribution in [0.1, 0.15) is 32.3 Å². The molecule has 17 heavy (non-hydrogen) atoms. The molecule has 0 aliphatic heterocycles. The molecule has 2 unspecified atom stereocenters. The summed E-state index contributed by atoms with van der Waals surface area (Å²) < 4.78 is 26.8. The molecule has 0 aliphatic rings. The van der Waals surface area contributed by atoms with Crippen LogP contribution in [-0.2, 0) is 5.60 Å². The van der Waals surface area contributed by atoms with Crippen LogP contribution >= 0.6 is 15.9 Å². The average Bonchev–Trinajstić information content (AvgIpc) is 2.29. The molecule has 0 heterocycles. The Hall–Kier alpha value is -0.480. The lowest BCUT2D eigenvalue weighted by molar-refractivity contribution is -0.0944. The van der Waals surface area contributed by atoms with Crippen molar-refractivity contribution in [3.05, 3.63) is 34.3 Å². The van der Waals surface area contributed by atoms with Gasteiger partial charge < -0.3 is 5.11 Å². The number of aliphatic hydroxyl groups is 1. The zero-order chi connectivity index (χ0) is 13.1. The second-order valence-corrected chi connectivity index (χ2v) is 5.05. The van der Waals surface area contributed by atoms with Crippen LogP contribution in [0.5, 0.6) is 0 Å². The number of alkyl halides is 2. The maximum atomic E-state index is 13.0. The van der Waals surface area contributed by atoms with Crippen LogP contribution in [-0.4, -0.2) is 11.5 Å². The maximum Gasteiger partial charge on any atom is 0.244 e. The topological polar surface area (TPSA) is 20.2 Å². The van der Waals surface area contributed by atoms with Crippen LogP contribution in [0.2, 0.25) is 0 Å². The van der Waals surface area contributed by atoms with Gasteiger partial charge in [0.25, 0.3) is 0 Å². The Labute approximate surface area is 109 Å². The highest BCUT2D eigenvalue weighted by atomic mass is 79.9. The van der Waals surface area contributed by atoms with E-state index in [9.17, 15) is 13.9 Å². The molecule has 0 radical (unpaired) electrons. The molecule has 1 aromatic rings. The number of hydrogen-bond acceptors (Lipinski definition) is 1. The van der Waals surface area contributed by atoms with E-state index in [1.807, 2.05) is 0 Å². The molecule has 0 saturated heterocycles. The third kappa shape index (κ3) is 3.05. The number of benzene rings is 1. The van der Waals surface area contributed by atoms with Crippen molar-refractivity contribution in [1.82, 2.24) is 0 Å². The fraction of sp³-hybridized carbons (Fsp3) is 0.538. The zero-order valence-corrected chi connectivity index (χ0v) is 11.5. The molecular weight excluding hydrogens is 290 g/mol. The van der Waals surface area contributed by atoms with Crippen molar-refractivity contribution in [2.75, 3.05) is 0 Å². The number of hydrogen-bond donors (Lipinski definition) is 1. The van der Waals surface area contributed by atoms with Gasteiger partial charge in [0.2, 0.25) is 6.43 Å². The molecule has 0 aliphatic carbocycles. The van der Waals surface area contributed by atoms with Gasteiger partial charge in [0, 0.05) is 4.47 Å². The summed E-state index contributed by atoms with van der Waals surface area (Å²) in [5, 5.41) is 10.5. The molecule has 4 heteroatoms. The molecule has 1 N–H and O–H groups in total. The maximum absolute atomic E-state index is 13.0. The Balaban J connectivity index is 3.14. The predicted octanol–water partition coefficient (Wildman–Crippen LogP) is 4.34. The van der Waals surface area contributed by atoms with E-state index >= 15 is 0 Å². The first-order valence-corrected chi connectivity index (χ1v) is 6.51. The summed E-state index contributed by atoms with van der Waals surface area (Å²) in [6.45, 7) is 3.41. The van der Waals surface area contributed by atoms with Gasteiger partial charge in [-0.2, -0.15) is 0 Å². The van der Waals surface area contributed by atoms with Gasteiger partial charge in [0.1, 0.15) is 0 Å². The molecule has 0 spiro atoms. The minimum absolute atomic E-state index is 0.248. The van der Waals surface area contributed by atoms with Crippen LogP contribution in [0.3, 0.4) is 0 Å². The largest absolute Gasteiger partial charge is 0.385 e. The van der Waals surface area contributed by atoms with Gasteiger partial charge in [-0.1, -0.05) is 41.9 Å². The first kappa shape index (κ1) is 14.6. The third-order valence-electron chi connectivity index (χ3n) is 3.24. The lowest BCUT2D eigenvalue weighted by Gasteiger charge is -2.35. The molecule has 0 saturated carbocycles. The summed E-state index contributed by atoms with van der Waals surface area (Å²) in [5.41, 5.74) is -0.903. The Morgan fingerprint density at radius 1 is 1.24 bits per heavy atom. The monoisotopic (exact) mass is 306 g/mol. The molecule has 0 amide bonds. The first-order chi connectivity index (χ1) is 7.95. The van der Waals surface area contributed by atoms with Crippen molar-refractivity contribution in [2.45, 2.75) is 38.7 Å². The fourth-order valence-corrected chi connectivity index (χ4v) is 2.41. The van der Waals surface area contributed by atoms with Crippen molar-refractivity contribution in [3.63, 3.8) is 0 Å². The quantitative estimate of drug-likeness (QED) is 0.858. The molecule has 0 bridgehead atoms. The molecule has 1 rings (SSSR count). The molecular formula is C13H17BrF2O. The van der Waals surface area contributed by atoms with Crippen molar-refractivity contribution < 1.29 is 13.9 Å². The highest BCUT2D eigenvalue weighted by Crippen LogP contribution is 2.38. The lowest BCUT2D eigenvalue weighted by atomic mass is 9.78. The summed E-state index contributed by atoms with van der Waals surface area (Å²) in [7, 11) is 0. The first-order valence-electron chi connectivity index (χ1n) is 5.72. The Bertz CT molecular complexity index is 353. The molecule has 1 aromatic carbocycles. The summed E-state index contributed by atoms with van der Waals surface area (Å²) in [6, 6.07) is 6.90. The second-order valence-electron chi connectivity index (χ2n) is 4.13. The standard InChI is InChI=1S/C13H17BrF2O/c1-3-11(12(15)16)13(17,4-2)9-5-7-10(14)8-6-9/h5-8,11-12,17H,3-4H2,1-2H3. The minimum Gasteiger partial charge on any atom is -0.385 e. The summed E-state index contributed by atoms with van der Waals surface area (Å²) in [6.07, 6.45) is -2.00.